The van der Waals surface area contributed by atoms with E-state index in [1.54, 1.807) is 11.3 Å². The predicted molar refractivity (Wildman–Crippen MR) is 94.9 cm³/mol. The molecule has 0 N–H and O–H groups in total. The van der Waals surface area contributed by atoms with Gasteiger partial charge in [0.15, 0.2) is 5.13 Å². The first kappa shape index (κ1) is 14.5. The maximum absolute atomic E-state index is 4.65. The van der Waals surface area contributed by atoms with E-state index in [2.05, 4.69) is 43.7 Å². The van der Waals surface area contributed by atoms with Crippen LogP contribution in [-0.4, -0.2) is 27.6 Å². The molecule has 3 aromatic rings. The monoisotopic (exact) mass is 324 g/mol. The van der Waals surface area contributed by atoms with Crippen molar-refractivity contribution in [2.24, 2.45) is 0 Å². The molecule has 2 aromatic heterocycles. The molecular weight excluding hydrogens is 304 g/mol. The largest absolute Gasteiger partial charge is 0.348 e. The second-order valence-corrected chi connectivity index (χ2v) is 7.00. The Balaban J connectivity index is 1.54. The van der Waals surface area contributed by atoms with Crippen molar-refractivity contribution in [1.82, 2.24) is 14.5 Å². The molecule has 1 saturated heterocycles. The van der Waals surface area contributed by atoms with Gasteiger partial charge in [-0.05, 0) is 36.5 Å². The summed E-state index contributed by atoms with van der Waals surface area (Å²) in [6.07, 6.45) is 11.6. The van der Waals surface area contributed by atoms with Gasteiger partial charge >= 0.3 is 0 Å². The van der Waals surface area contributed by atoms with Crippen molar-refractivity contribution in [3.63, 3.8) is 0 Å². The highest BCUT2D eigenvalue weighted by atomic mass is 32.1. The summed E-state index contributed by atoms with van der Waals surface area (Å²) in [5.41, 5.74) is 2.54. The predicted octanol–water partition coefficient (Wildman–Crippen LogP) is 4.05. The number of nitrogens with zero attached hydrogens (tertiary/aromatic N) is 4. The highest BCUT2D eigenvalue weighted by molar-refractivity contribution is 7.18. The SMILES string of the molecule is c1cc(Cn2ccnc2)cc(-c2cnc(N3CCCCC3)s2)c1. The van der Waals surface area contributed by atoms with Crippen LogP contribution in [0.25, 0.3) is 10.4 Å². The fourth-order valence-corrected chi connectivity index (χ4v) is 4.01. The molecule has 0 aliphatic carbocycles. The lowest BCUT2D eigenvalue weighted by Crippen LogP contribution is -2.29. The van der Waals surface area contributed by atoms with Gasteiger partial charge < -0.3 is 9.47 Å². The molecule has 1 aliphatic heterocycles. The Morgan fingerprint density at radius 2 is 2.04 bits per heavy atom. The average Bonchev–Trinajstić information content (AvgIpc) is 3.28. The number of piperidine rings is 1. The number of aromatic nitrogens is 3. The molecule has 118 valence electrons. The molecule has 23 heavy (non-hydrogen) atoms. The van der Waals surface area contributed by atoms with E-state index in [4.69, 9.17) is 0 Å². The molecule has 4 rings (SSSR count). The first-order valence-corrected chi connectivity index (χ1v) is 8.96. The van der Waals surface area contributed by atoms with Crippen LogP contribution < -0.4 is 4.90 Å². The van der Waals surface area contributed by atoms with Crippen LogP contribution in [-0.2, 0) is 6.54 Å². The Bertz CT molecular complexity index is 757. The summed E-state index contributed by atoms with van der Waals surface area (Å²) in [6.45, 7) is 3.15. The van der Waals surface area contributed by atoms with Crippen molar-refractivity contribution in [3.05, 3.63) is 54.7 Å². The fraction of sp³-hybridized carbons (Fsp3) is 0.333. The highest BCUT2D eigenvalue weighted by Crippen LogP contribution is 2.32. The second kappa shape index (κ2) is 6.54. The lowest BCUT2D eigenvalue weighted by molar-refractivity contribution is 0.577. The zero-order chi connectivity index (χ0) is 15.5. The first-order chi connectivity index (χ1) is 11.4. The maximum Gasteiger partial charge on any atom is 0.185 e. The minimum atomic E-state index is 0.853. The Hall–Kier alpha value is -2.14. The minimum absolute atomic E-state index is 0.853. The standard InChI is InChI=1S/C18H20N4S/c1-2-8-22(9-3-1)18-20-12-17(23-18)16-6-4-5-15(11-16)13-21-10-7-19-14-21/h4-7,10-12,14H,1-3,8-9,13H2. The molecule has 0 unspecified atom stereocenters. The molecule has 1 aliphatic rings. The Morgan fingerprint density at radius 1 is 1.13 bits per heavy atom. The number of anilines is 1. The molecule has 5 heteroatoms. The number of benzene rings is 1. The van der Waals surface area contributed by atoms with Gasteiger partial charge in [0.05, 0.1) is 11.2 Å². The molecule has 0 amide bonds. The third-order valence-electron chi connectivity index (χ3n) is 4.26. The third-order valence-corrected chi connectivity index (χ3v) is 5.36. The molecule has 1 fully saturated rings. The van der Waals surface area contributed by atoms with Crippen molar-refractivity contribution in [2.75, 3.05) is 18.0 Å². The number of hydrogen-bond acceptors (Lipinski definition) is 4. The van der Waals surface area contributed by atoms with E-state index in [1.807, 2.05) is 24.9 Å². The van der Waals surface area contributed by atoms with Crippen molar-refractivity contribution in [2.45, 2.75) is 25.8 Å². The second-order valence-electron chi connectivity index (χ2n) is 5.99. The summed E-state index contributed by atoms with van der Waals surface area (Å²) >= 11 is 1.80. The van der Waals surface area contributed by atoms with Crippen LogP contribution in [0.3, 0.4) is 0 Å². The summed E-state index contributed by atoms with van der Waals surface area (Å²) in [5.74, 6) is 0. The van der Waals surface area contributed by atoms with Gasteiger partial charge in [-0.3, -0.25) is 0 Å². The Morgan fingerprint density at radius 3 is 2.87 bits per heavy atom. The number of imidazole rings is 1. The van der Waals surface area contributed by atoms with Gasteiger partial charge in [-0.2, -0.15) is 0 Å². The van der Waals surface area contributed by atoms with Gasteiger partial charge in [0.2, 0.25) is 0 Å². The van der Waals surface area contributed by atoms with Gasteiger partial charge in [-0.1, -0.05) is 29.5 Å². The van der Waals surface area contributed by atoms with Gasteiger partial charge in [0, 0.05) is 38.2 Å². The van der Waals surface area contributed by atoms with Gasteiger partial charge in [-0.25, -0.2) is 9.97 Å². The van der Waals surface area contributed by atoms with Crippen molar-refractivity contribution in [1.29, 1.82) is 0 Å². The van der Waals surface area contributed by atoms with Gasteiger partial charge in [0.1, 0.15) is 0 Å². The van der Waals surface area contributed by atoms with E-state index in [0.717, 1.165) is 19.6 Å². The van der Waals surface area contributed by atoms with Crippen molar-refractivity contribution < 1.29 is 0 Å². The molecular formula is C18H20N4S. The molecule has 1 aromatic carbocycles. The quantitative estimate of drug-likeness (QED) is 0.726. The minimum Gasteiger partial charge on any atom is -0.348 e. The van der Waals surface area contributed by atoms with Crippen LogP contribution in [0.2, 0.25) is 0 Å². The van der Waals surface area contributed by atoms with Gasteiger partial charge in [0.25, 0.3) is 0 Å². The summed E-state index contributed by atoms with van der Waals surface area (Å²) in [5, 5.41) is 1.17. The van der Waals surface area contributed by atoms with Crippen molar-refractivity contribution in [3.8, 4) is 10.4 Å². The van der Waals surface area contributed by atoms with Crippen LogP contribution in [0, 0.1) is 0 Å². The zero-order valence-corrected chi connectivity index (χ0v) is 13.9. The maximum atomic E-state index is 4.65. The van der Waals surface area contributed by atoms with E-state index in [0.29, 0.717) is 0 Å². The summed E-state index contributed by atoms with van der Waals surface area (Å²) in [6, 6.07) is 8.72. The van der Waals surface area contributed by atoms with E-state index >= 15 is 0 Å². The summed E-state index contributed by atoms with van der Waals surface area (Å²) in [4.78, 5) is 12.4. The Kier molecular flexibility index (Phi) is 4.11. The van der Waals surface area contributed by atoms with Crippen LogP contribution >= 0.6 is 11.3 Å². The number of thiazole rings is 1. The number of hydrogen-bond donors (Lipinski definition) is 0. The normalized spacial score (nSPS) is 15.0. The topological polar surface area (TPSA) is 34.0 Å². The zero-order valence-electron chi connectivity index (χ0n) is 13.1. The Labute approximate surface area is 140 Å². The van der Waals surface area contributed by atoms with Gasteiger partial charge in [-0.15, -0.1) is 0 Å². The highest BCUT2D eigenvalue weighted by Gasteiger charge is 2.15. The van der Waals surface area contributed by atoms with Crippen LogP contribution in [0.4, 0.5) is 5.13 Å². The lowest BCUT2D eigenvalue weighted by Gasteiger charge is -2.25. The van der Waals surface area contributed by atoms with E-state index in [-0.39, 0.29) is 0 Å². The van der Waals surface area contributed by atoms with E-state index in [9.17, 15) is 0 Å². The molecule has 0 atom stereocenters. The molecule has 0 bridgehead atoms. The average molecular weight is 324 g/mol. The third kappa shape index (κ3) is 3.29. The van der Waals surface area contributed by atoms with E-state index < -0.39 is 0 Å². The smallest absolute Gasteiger partial charge is 0.185 e. The summed E-state index contributed by atoms with van der Waals surface area (Å²) < 4.78 is 2.09. The molecule has 0 radical (unpaired) electrons. The summed E-state index contributed by atoms with van der Waals surface area (Å²) in [7, 11) is 0. The number of rotatable bonds is 4. The lowest BCUT2D eigenvalue weighted by atomic mass is 10.1. The van der Waals surface area contributed by atoms with Crippen LogP contribution in [0.15, 0.2) is 49.2 Å². The van der Waals surface area contributed by atoms with Crippen LogP contribution in [0.1, 0.15) is 24.8 Å². The molecule has 3 heterocycles. The fourth-order valence-electron chi connectivity index (χ4n) is 3.04. The first-order valence-electron chi connectivity index (χ1n) is 8.14. The van der Waals surface area contributed by atoms with E-state index in [1.165, 1.54) is 40.4 Å². The van der Waals surface area contributed by atoms with Crippen molar-refractivity contribution >= 4 is 16.5 Å². The molecule has 0 saturated carbocycles. The van der Waals surface area contributed by atoms with Crippen LogP contribution in [0.5, 0.6) is 0 Å². The molecule has 4 nitrogen and oxygen atoms in total. The molecule has 0 spiro atoms.